The van der Waals surface area contributed by atoms with Gasteiger partial charge in [0.25, 0.3) is 0 Å². The normalized spacial score (nSPS) is 12.6. The Balaban J connectivity index is 2.08. The molecule has 0 spiro atoms. The van der Waals surface area contributed by atoms with Gasteiger partial charge in [-0.05, 0) is 31.2 Å². The zero-order valence-electron chi connectivity index (χ0n) is 13.4. The van der Waals surface area contributed by atoms with Crippen molar-refractivity contribution in [3.63, 3.8) is 0 Å². The minimum Gasteiger partial charge on any atom is -0.355 e. The van der Waals surface area contributed by atoms with Crippen molar-refractivity contribution >= 4 is 29.0 Å². The molecule has 1 atom stereocenters. The summed E-state index contributed by atoms with van der Waals surface area (Å²) >= 11 is 3.10. The maximum Gasteiger partial charge on any atom is 0.233 e. The summed E-state index contributed by atoms with van der Waals surface area (Å²) in [6.45, 7) is 9.61. The van der Waals surface area contributed by atoms with Crippen LogP contribution in [0.5, 0.6) is 0 Å². The maximum absolute atomic E-state index is 12.1. The molecule has 1 amide bonds. The van der Waals surface area contributed by atoms with E-state index in [1.165, 1.54) is 11.8 Å². The molecule has 0 unspecified atom stereocenters. The first-order valence-corrected chi connectivity index (χ1v) is 9.20. The van der Waals surface area contributed by atoms with Crippen LogP contribution in [0.15, 0.2) is 22.7 Å². The summed E-state index contributed by atoms with van der Waals surface area (Å²) in [5.74, 6) is 1.36. The van der Waals surface area contributed by atoms with E-state index in [2.05, 4.69) is 40.9 Å². The van der Waals surface area contributed by atoms with E-state index in [0.29, 0.717) is 12.5 Å². The highest BCUT2D eigenvalue weighted by Gasteiger charge is 2.20. The van der Waals surface area contributed by atoms with Crippen LogP contribution in [0.2, 0.25) is 0 Å². The molecule has 0 aliphatic rings. The molecule has 2 aromatic rings. The Bertz CT molecular complexity index is 607. The van der Waals surface area contributed by atoms with E-state index in [1.54, 1.807) is 11.3 Å². The van der Waals surface area contributed by atoms with Crippen LogP contribution in [0.1, 0.15) is 27.7 Å². The third kappa shape index (κ3) is 4.10. The number of carbonyl (C=O) groups excluding carboxylic acids is 1. The molecule has 2 heterocycles. The summed E-state index contributed by atoms with van der Waals surface area (Å²) in [6, 6.07) is 4.04. The monoisotopic (exact) mass is 338 g/mol. The van der Waals surface area contributed by atoms with Gasteiger partial charge in [0.15, 0.2) is 11.0 Å². The topological polar surface area (TPSA) is 59.8 Å². The Morgan fingerprint density at radius 3 is 2.77 bits per heavy atom. The van der Waals surface area contributed by atoms with Crippen molar-refractivity contribution in [2.45, 2.75) is 44.6 Å². The van der Waals surface area contributed by atoms with Crippen LogP contribution in [-0.2, 0) is 11.3 Å². The van der Waals surface area contributed by atoms with E-state index in [-0.39, 0.29) is 11.2 Å². The number of rotatable bonds is 7. The number of hydrogen-bond acceptors (Lipinski definition) is 5. The lowest BCUT2D eigenvalue weighted by Crippen LogP contribution is -2.33. The van der Waals surface area contributed by atoms with Gasteiger partial charge in [-0.15, -0.1) is 21.5 Å². The average Bonchev–Trinajstić information content (AvgIpc) is 3.12. The van der Waals surface area contributed by atoms with Gasteiger partial charge in [0.05, 0.1) is 10.1 Å². The number of amides is 1. The number of nitrogens with zero attached hydrogens (tertiary/aromatic N) is 3. The van der Waals surface area contributed by atoms with Crippen LogP contribution in [-0.4, -0.2) is 32.5 Å². The lowest BCUT2D eigenvalue weighted by atomic mass is 10.2. The van der Waals surface area contributed by atoms with Gasteiger partial charge in [0, 0.05) is 13.1 Å². The Morgan fingerprint density at radius 1 is 1.41 bits per heavy atom. The quantitative estimate of drug-likeness (QED) is 0.787. The summed E-state index contributed by atoms with van der Waals surface area (Å²) in [4.78, 5) is 13.2. The van der Waals surface area contributed by atoms with Crippen molar-refractivity contribution in [1.82, 2.24) is 20.1 Å². The summed E-state index contributed by atoms with van der Waals surface area (Å²) in [5.41, 5.74) is 0. The molecule has 0 aromatic carbocycles. The smallest absolute Gasteiger partial charge is 0.233 e. The Morgan fingerprint density at radius 2 is 2.18 bits per heavy atom. The predicted molar refractivity (Wildman–Crippen MR) is 92.2 cm³/mol. The van der Waals surface area contributed by atoms with E-state index < -0.39 is 0 Å². The maximum atomic E-state index is 12.1. The number of hydrogen-bond donors (Lipinski definition) is 1. The second-order valence-corrected chi connectivity index (χ2v) is 7.68. The second kappa shape index (κ2) is 7.78. The van der Waals surface area contributed by atoms with Gasteiger partial charge in [-0.25, -0.2) is 0 Å². The van der Waals surface area contributed by atoms with Crippen LogP contribution in [0.3, 0.4) is 0 Å². The van der Waals surface area contributed by atoms with Gasteiger partial charge in [0.2, 0.25) is 5.91 Å². The molecule has 0 saturated carbocycles. The van der Waals surface area contributed by atoms with Crippen LogP contribution >= 0.6 is 23.1 Å². The zero-order chi connectivity index (χ0) is 16.1. The lowest BCUT2D eigenvalue weighted by molar-refractivity contribution is -0.120. The van der Waals surface area contributed by atoms with Crippen molar-refractivity contribution in [2.75, 3.05) is 6.54 Å². The standard InChI is InChI=1S/C15H22N4OS2/c1-5-19-13(12-7-6-8-21-12)17-18-15(19)22-11(4)14(20)16-9-10(2)3/h6-8,10-11H,5,9H2,1-4H3,(H,16,20)/t11-/m1/s1. The van der Waals surface area contributed by atoms with Crippen molar-refractivity contribution in [3.05, 3.63) is 17.5 Å². The summed E-state index contributed by atoms with van der Waals surface area (Å²) in [6.07, 6.45) is 0. The molecule has 0 fully saturated rings. The summed E-state index contributed by atoms with van der Waals surface area (Å²) in [7, 11) is 0. The van der Waals surface area contributed by atoms with Crippen molar-refractivity contribution in [3.8, 4) is 10.7 Å². The van der Waals surface area contributed by atoms with E-state index >= 15 is 0 Å². The van der Waals surface area contributed by atoms with Gasteiger partial charge >= 0.3 is 0 Å². The molecule has 5 nitrogen and oxygen atoms in total. The Labute approximate surface area is 139 Å². The average molecular weight is 339 g/mol. The Kier molecular flexibility index (Phi) is 6.02. The highest BCUT2D eigenvalue weighted by atomic mass is 32.2. The fourth-order valence-corrected chi connectivity index (χ4v) is 3.56. The van der Waals surface area contributed by atoms with Crippen LogP contribution in [0.4, 0.5) is 0 Å². The second-order valence-electron chi connectivity index (χ2n) is 5.43. The number of nitrogens with one attached hydrogen (secondary N) is 1. The molecular formula is C15H22N4OS2. The third-order valence-electron chi connectivity index (χ3n) is 3.11. The molecule has 7 heteroatoms. The molecule has 1 N–H and O–H groups in total. The number of thioether (sulfide) groups is 1. The first-order chi connectivity index (χ1) is 10.5. The fourth-order valence-electron chi connectivity index (χ4n) is 1.91. The van der Waals surface area contributed by atoms with Gasteiger partial charge in [-0.2, -0.15) is 0 Å². The molecule has 0 saturated heterocycles. The molecular weight excluding hydrogens is 316 g/mol. The van der Waals surface area contributed by atoms with Crippen molar-refractivity contribution in [2.24, 2.45) is 5.92 Å². The van der Waals surface area contributed by atoms with Crippen LogP contribution < -0.4 is 5.32 Å². The molecule has 0 aliphatic carbocycles. The van der Waals surface area contributed by atoms with E-state index in [9.17, 15) is 4.79 Å². The molecule has 0 radical (unpaired) electrons. The molecule has 0 bridgehead atoms. The minimum absolute atomic E-state index is 0.0435. The van der Waals surface area contributed by atoms with Crippen LogP contribution in [0.25, 0.3) is 10.7 Å². The van der Waals surface area contributed by atoms with E-state index in [1.807, 2.05) is 24.4 Å². The first-order valence-electron chi connectivity index (χ1n) is 7.44. The molecule has 0 aliphatic heterocycles. The van der Waals surface area contributed by atoms with E-state index in [4.69, 9.17) is 0 Å². The zero-order valence-corrected chi connectivity index (χ0v) is 15.0. The largest absolute Gasteiger partial charge is 0.355 e. The number of carbonyl (C=O) groups is 1. The number of thiophene rings is 1. The van der Waals surface area contributed by atoms with Gasteiger partial charge in [-0.1, -0.05) is 31.7 Å². The fraction of sp³-hybridized carbons (Fsp3) is 0.533. The Hall–Kier alpha value is -1.34. The van der Waals surface area contributed by atoms with E-state index in [0.717, 1.165) is 22.4 Å². The summed E-state index contributed by atoms with van der Waals surface area (Å²) in [5, 5.41) is 14.1. The van der Waals surface area contributed by atoms with Gasteiger partial charge in [-0.3, -0.25) is 4.79 Å². The van der Waals surface area contributed by atoms with Gasteiger partial charge in [0.1, 0.15) is 0 Å². The van der Waals surface area contributed by atoms with Crippen molar-refractivity contribution in [1.29, 1.82) is 0 Å². The van der Waals surface area contributed by atoms with Crippen molar-refractivity contribution < 1.29 is 4.79 Å². The highest BCUT2D eigenvalue weighted by molar-refractivity contribution is 8.00. The molecule has 22 heavy (non-hydrogen) atoms. The third-order valence-corrected chi connectivity index (χ3v) is 5.06. The predicted octanol–water partition coefficient (Wildman–Crippen LogP) is 3.28. The SMILES string of the molecule is CCn1c(S[C@H](C)C(=O)NCC(C)C)nnc1-c1cccs1. The lowest BCUT2D eigenvalue weighted by Gasteiger charge is -2.13. The first kappa shape index (κ1) is 17.0. The molecule has 120 valence electrons. The highest BCUT2D eigenvalue weighted by Crippen LogP contribution is 2.29. The molecule has 2 aromatic heterocycles. The minimum atomic E-state index is -0.190. The van der Waals surface area contributed by atoms with Gasteiger partial charge < -0.3 is 9.88 Å². The molecule has 2 rings (SSSR count). The van der Waals surface area contributed by atoms with Crippen LogP contribution in [0, 0.1) is 5.92 Å². The summed E-state index contributed by atoms with van der Waals surface area (Å²) < 4.78 is 2.06. The number of aromatic nitrogens is 3.